The Morgan fingerprint density at radius 1 is 1.00 bits per heavy atom. The second-order valence-corrected chi connectivity index (χ2v) is 9.86. The van der Waals surface area contributed by atoms with Gasteiger partial charge in [-0.15, -0.1) is 0 Å². The van der Waals surface area contributed by atoms with Crippen molar-refractivity contribution in [1.82, 2.24) is 10.2 Å². The van der Waals surface area contributed by atoms with E-state index in [1.807, 2.05) is 0 Å². The van der Waals surface area contributed by atoms with Crippen molar-refractivity contribution in [2.24, 2.45) is 29.6 Å². The third-order valence-electron chi connectivity index (χ3n) is 8.27. The van der Waals surface area contributed by atoms with E-state index in [1.54, 1.807) is 0 Å². The van der Waals surface area contributed by atoms with E-state index in [0.717, 1.165) is 69.0 Å². The number of hydrogen-bond donors (Lipinski definition) is 2. The third-order valence-corrected chi connectivity index (χ3v) is 8.27. The van der Waals surface area contributed by atoms with Crippen LogP contribution in [0.1, 0.15) is 64.2 Å². The van der Waals surface area contributed by atoms with Crippen LogP contribution in [0.15, 0.2) is 0 Å². The Labute approximate surface area is 151 Å². The minimum Gasteiger partial charge on any atom is -0.389 e. The van der Waals surface area contributed by atoms with Crippen LogP contribution >= 0.6 is 0 Å². The molecule has 2 N–H and O–H groups in total. The average Bonchev–Trinajstić information content (AvgIpc) is 3.05. The second-order valence-electron chi connectivity index (χ2n) is 9.86. The summed E-state index contributed by atoms with van der Waals surface area (Å²) in [5.41, 5.74) is -0.445. The number of nitrogens with zero attached hydrogens (tertiary/aromatic N) is 1. The Balaban J connectivity index is 1.07. The summed E-state index contributed by atoms with van der Waals surface area (Å²) in [6.07, 6.45) is 11.9. The molecule has 0 radical (unpaired) electrons. The molecule has 4 heteroatoms. The van der Waals surface area contributed by atoms with Gasteiger partial charge in [-0.2, -0.15) is 0 Å². The summed E-state index contributed by atoms with van der Waals surface area (Å²) in [6, 6.07) is 0.365. The zero-order valence-electron chi connectivity index (χ0n) is 15.5. The molecule has 4 saturated carbocycles. The largest absolute Gasteiger partial charge is 0.389 e. The molecule has 0 aromatic rings. The molecular formula is C21H34N2O2. The maximum atomic E-state index is 12.7. The first-order valence-electron chi connectivity index (χ1n) is 10.9. The molecule has 5 rings (SSSR count). The Morgan fingerprint density at radius 3 is 2.28 bits per heavy atom. The highest BCUT2D eigenvalue weighted by molar-refractivity contribution is 5.83. The zero-order valence-corrected chi connectivity index (χ0v) is 15.5. The molecule has 1 aliphatic heterocycles. The highest BCUT2D eigenvalue weighted by Crippen LogP contribution is 2.69. The van der Waals surface area contributed by atoms with E-state index in [9.17, 15) is 9.90 Å². The molecule has 0 aromatic heterocycles. The lowest BCUT2D eigenvalue weighted by atomic mass is 9.84. The molecule has 5 fully saturated rings. The molecule has 5 aliphatic rings. The highest BCUT2D eigenvalue weighted by Gasteiger charge is 2.67. The molecule has 1 heterocycles. The minimum absolute atomic E-state index is 0.365. The number of aliphatic hydroxyl groups is 1. The number of carbonyl (C=O) groups is 1. The number of carbonyl (C=O) groups excluding carboxylic acids is 1. The molecule has 4 aliphatic carbocycles. The summed E-state index contributed by atoms with van der Waals surface area (Å²) >= 11 is 0. The topological polar surface area (TPSA) is 52.6 Å². The van der Waals surface area contributed by atoms with Crippen molar-refractivity contribution < 1.29 is 9.90 Å². The number of hydrogen-bond acceptors (Lipinski definition) is 3. The van der Waals surface area contributed by atoms with Crippen molar-refractivity contribution in [3.63, 3.8) is 0 Å². The molecule has 1 amide bonds. The van der Waals surface area contributed by atoms with E-state index >= 15 is 0 Å². The predicted octanol–water partition coefficient (Wildman–Crippen LogP) is 2.55. The summed E-state index contributed by atoms with van der Waals surface area (Å²) < 4.78 is 0. The second kappa shape index (κ2) is 6.23. The molecule has 2 bridgehead atoms. The van der Waals surface area contributed by atoms with Crippen molar-refractivity contribution in [3.8, 4) is 0 Å². The summed E-state index contributed by atoms with van der Waals surface area (Å²) in [5, 5.41) is 14.1. The lowest BCUT2D eigenvalue weighted by molar-refractivity contribution is -0.124. The molecule has 4 nitrogen and oxygen atoms in total. The monoisotopic (exact) mass is 346 g/mol. The maximum absolute atomic E-state index is 12.7. The highest BCUT2D eigenvalue weighted by atomic mass is 16.3. The van der Waals surface area contributed by atoms with E-state index in [0.29, 0.717) is 17.9 Å². The summed E-state index contributed by atoms with van der Waals surface area (Å²) in [7, 11) is 0. The van der Waals surface area contributed by atoms with Gasteiger partial charge in [-0.25, -0.2) is 0 Å². The quantitative estimate of drug-likeness (QED) is 0.822. The van der Waals surface area contributed by atoms with Gasteiger partial charge < -0.3 is 15.3 Å². The van der Waals surface area contributed by atoms with Gasteiger partial charge in [0.2, 0.25) is 5.91 Å². The van der Waals surface area contributed by atoms with Crippen molar-refractivity contribution in [2.45, 2.75) is 75.9 Å². The van der Waals surface area contributed by atoms with Crippen molar-refractivity contribution in [3.05, 3.63) is 0 Å². The summed E-state index contributed by atoms with van der Waals surface area (Å²) in [6.45, 7) is 2.88. The lowest BCUT2D eigenvalue weighted by Crippen LogP contribution is -2.50. The van der Waals surface area contributed by atoms with Crippen LogP contribution in [0.4, 0.5) is 0 Å². The van der Waals surface area contributed by atoms with Gasteiger partial charge in [-0.3, -0.25) is 4.79 Å². The predicted molar refractivity (Wildman–Crippen MR) is 96.9 cm³/mol. The Hall–Kier alpha value is -0.610. The third kappa shape index (κ3) is 3.03. The number of β-amino-alcohol motifs (C(OH)–C–C–N with tert-alkyl or cyclic N) is 1. The molecule has 0 aromatic carbocycles. The average molecular weight is 347 g/mol. The zero-order chi connectivity index (χ0) is 17.0. The van der Waals surface area contributed by atoms with Crippen LogP contribution in [-0.2, 0) is 4.79 Å². The van der Waals surface area contributed by atoms with Gasteiger partial charge in [0, 0.05) is 31.6 Å². The molecule has 4 atom stereocenters. The number of nitrogens with one attached hydrogen (secondary N) is 1. The first-order chi connectivity index (χ1) is 12.1. The number of likely N-dealkylation sites (tertiary alicyclic amines) is 1. The van der Waals surface area contributed by atoms with Gasteiger partial charge >= 0.3 is 0 Å². The van der Waals surface area contributed by atoms with E-state index < -0.39 is 5.60 Å². The van der Waals surface area contributed by atoms with Gasteiger partial charge in [-0.05, 0) is 68.6 Å². The van der Waals surface area contributed by atoms with Gasteiger partial charge in [0.1, 0.15) is 0 Å². The first kappa shape index (κ1) is 16.6. The fourth-order valence-corrected chi connectivity index (χ4v) is 6.99. The Kier molecular flexibility index (Phi) is 4.12. The molecule has 25 heavy (non-hydrogen) atoms. The summed E-state index contributed by atoms with van der Waals surface area (Å²) in [4.78, 5) is 15.1. The van der Waals surface area contributed by atoms with Crippen LogP contribution < -0.4 is 5.32 Å². The fourth-order valence-electron chi connectivity index (χ4n) is 6.99. The van der Waals surface area contributed by atoms with Crippen LogP contribution in [0, 0.1) is 29.6 Å². The van der Waals surface area contributed by atoms with Gasteiger partial charge in [-0.1, -0.05) is 19.3 Å². The summed E-state index contributed by atoms with van der Waals surface area (Å²) in [5.74, 6) is 4.00. The molecule has 4 unspecified atom stereocenters. The van der Waals surface area contributed by atoms with Gasteiger partial charge in [0.15, 0.2) is 0 Å². The number of piperidine rings is 1. The van der Waals surface area contributed by atoms with Crippen LogP contribution in [0.2, 0.25) is 0 Å². The Bertz CT molecular complexity index is 506. The van der Waals surface area contributed by atoms with Crippen LogP contribution in [0.5, 0.6) is 0 Å². The van der Waals surface area contributed by atoms with E-state index in [-0.39, 0.29) is 0 Å². The molecule has 1 saturated heterocycles. The fraction of sp³-hybridized carbons (Fsp3) is 0.952. The normalized spacial score (nSPS) is 43.0. The first-order valence-corrected chi connectivity index (χ1v) is 10.9. The Morgan fingerprint density at radius 2 is 1.64 bits per heavy atom. The number of fused-ring (bicyclic) bond motifs is 5. The number of amides is 1. The number of rotatable bonds is 4. The van der Waals surface area contributed by atoms with E-state index in [2.05, 4.69) is 10.2 Å². The van der Waals surface area contributed by atoms with E-state index in [4.69, 9.17) is 0 Å². The minimum atomic E-state index is -0.445. The van der Waals surface area contributed by atoms with Crippen LogP contribution in [-0.4, -0.2) is 47.2 Å². The maximum Gasteiger partial charge on any atom is 0.223 e. The van der Waals surface area contributed by atoms with Crippen molar-refractivity contribution in [1.29, 1.82) is 0 Å². The van der Waals surface area contributed by atoms with Crippen molar-refractivity contribution in [2.75, 3.05) is 19.6 Å². The van der Waals surface area contributed by atoms with Crippen LogP contribution in [0.25, 0.3) is 0 Å². The molecule has 0 spiro atoms. The standard InChI is InChI=1S/C21H34N2O2/c24-20(19-17-14-4-5-15(12-14)18(17)19)22-16-6-10-23(11-7-16)13-21(25)8-2-1-3-9-21/h14-19,25H,1-13H2,(H,22,24). The molecular weight excluding hydrogens is 312 g/mol. The van der Waals surface area contributed by atoms with E-state index in [1.165, 1.54) is 38.5 Å². The molecule has 140 valence electrons. The van der Waals surface area contributed by atoms with Gasteiger partial charge in [0.25, 0.3) is 0 Å². The lowest BCUT2D eigenvalue weighted by Gasteiger charge is -2.40. The van der Waals surface area contributed by atoms with Crippen molar-refractivity contribution >= 4 is 5.91 Å². The SMILES string of the molecule is O=C(NC1CCN(CC2(O)CCCCC2)CC1)C1C2C3CCC(C3)C12. The van der Waals surface area contributed by atoms with Crippen LogP contribution in [0.3, 0.4) is 0 Å². The van der Waals surface area contributed by atoms with Gasteiger partial charge in [0.05, 0.1) is 5.60 Å². The smallest absolute Gasteiger partial charge is 0.223 e.